The van der Waals surface area contributed by atoms with E-state index >= 15 is 0 Å². The third kappa shape index (κ3) is 4.42. The molecule has 0 saturated carbocycles. The molecule has 1 aromatic carbocycles. The second kappa shape index (κ2) is 8.45. The van der Waals surface area contributed by atoms with Crippen LogP contribution in [0, 0.1) is 0 Å². The maximum Gasteiger partial charge on any atom is 0.230 e. The topological polar surface area (TPSA) is 94.8 Å². The molecule has 1 N–H and O–H groups in total. The van der Waals surface area contributed by atoms with Crippen molar-refractivity contribution in [2.75, 3.05) is 18.9 Å². The Hall–Kier alpha value is -2.52. The molecule has 1 saturated heterocycles. The van der Waals surface area contributed by atoms with Crippen LogP contribution in [0.5, 0.6) is 0 Å². The van der Waals surface area contributed by atoms with E-state index in [9.17, 15) is 4.79 Å². The molecule has 1 aliphatic rings. The molecule has 2 aromatic heterocycles. The molecule has 1 amide bonds. The van der Waals surface area contributed by atoms with Crippen molar-refractivity contribution in [3.63, 3.8) is 0 Å². The van der Waals surface area contributed by atoms with Gasteiger partial charge in [-0.1, -0.05) is 47.3 Å². The van der Waals surface area contributed by atoms with E-state index in [4.69, 9.17) is 4.74 Å². The number of carbonyl (C=O) groups is 1. The molecular formula is C18H20N6O2S. The first kappa shape index (κ1) is 17.9. The number of carbonyl (C=O) groups excluding carboxylic acids is 1. The van der Waals surface area contributed by atoms with E-state index in [1.54, 1.807) is 4.68 Å². The van der Waals surface area contributed by atoms with Crippen LogP contribution in [-0.2, 0) is 16.1 Å². The second-order valence-corrected chi connectivity index (χ2v) is 7.28. The van der Waals surface area contributed by atoms with E-state index in [0.717, 1.165) is 25.0 Å². The van der Waals surface area contributed by atoms with E-state index < -0.39 is 0 Å². The van der Waals surface area contributed by atoms with Crippen molar-refractivity contribution in [2.45, 2.75) is 30.5 Å². The van der Waals surface area contributed by atoms with Gasteiger partial charge in [0.05, 0.1) is 18.4 Å². The number of rotatable bonds is 7. The van der Waals surface area contributed by atoms with Gasteiger partial charge in [-0.2, -0.15) is 0 Å². The highest BCUT2D eigenvalue weighted by molar-refractivity contribution is 8.00. The molecule has 1 aliphatic heterocycles. The lowest BCUT2D eigenvalue weighted by Gasteiger charge is -2.10. The zero-order valence-electron chi connectivity index (χ0n) is 14.7. The van der Waals surface area contributed by atoms with Crippen LogP contribution < -0.4 is 5.32 Å². The molecule has 1 atom stereocenters. The van der Waals surface area contributed by atoms with Crippen molar-refractivity contribution < 1.29 is 9.53 Å². The molecule has 0 unspecified atom stereocenters. The number of benzene rings is 1. The van der Waals surface area contributed by atoms with Crippen LogP contribution in [0.25, 0.3) is 11.2 Å². The molecule has 140 valence electrons. The van der Waals surface area contributed by atoms with E-state index in [1.807, 2.05) is 30.3 Å². The predicted molar refractivity (Wildman–Crippen MR) is 101 cm³/mol. The van der Waals surface area contributed by atoms with Gasteiger partial charge >= 0.3 is 0 Å². The van der Waals surface area contributed by atoms with Gasteiger partial charge in [0.25, 0.3) is 0 Å². The monoisotopic (exact) mass is 384 g/mol. The van der Waals surface area contributed by atoms with Gasteiger partial charge in [-0.25, -0.2) is 14.6 Å². The zero-order chi connectivity index (χ0) is 18.5. The maximum atomic E-state index is 12.1. The Morgan fingerprint density at radius 3 is 3.00 bits per heavy atom. The lowest BCUT2D eigenvalue weighted by molar-refractivity contribution is -0.119. The summed E-state index contributed by atoms with van der Waals surface area (Å²) >= 11 is 1.34. The average Bonchev–Trinajstić information content (AvgIpc) is 3.36. The van der Waals surface area contributed by atoms with Gasteiger partial charge in [0.2, 0.25) is 5.91 Å². The molecule has 27 heavy (non-hydrogen) atoms. The zero-order valence-corrected chi connectivity index (χ0v) is 15.6. The molecule has 0 radical (unpaired) electrons. The molecule has 0 spiro atoms. The number of nitrogens with zero attached hydrogens (tertiary/aromatic N) is 5. The molecule has 4 rings (SSSR count). The summed E-state index contributed by atoms with van der Waals surface area (Å²) in [6.45, 7) is 1.93. The highest BCUT2D eigenvalue weighted by atomic mass is 32.2. The van der Waals surface area contributed by atoms with Crippen LogP contribution in [0.15, 0.2) is 41.7 Å². The minimum absolute atomic E-state index is 0.0426. The maximum absolute atomic E-state index is 12.1. The Morgan fingerprint density at radius 1 is 1.30 bits per heavy atom. The number of fused-ring (bicyclic) bond motifs is 1. The summed E-state index contributed by atoms with van der Waals surface area (Å²) in [5.41, 5.74) is 2.40. The first-order valence-corrected chi connectivity index (χ1v) is 9.87. The second-order valence-electron chi connectivity index (χ2n) is 6.31. The van der Waals surface area contributed by atoms with Crippen LogP contribution in [0.1, 0.15) is 18.4 Å². The molecule has 3 heterocycles. The lowest BCUT2D eigenvalue weighted by atomic mass is 10.2. The minimum Gasteiger partial charge on any atom is -0.376 e. The first-order valence-electron chi connectivity index (χ1n) is 8.89. The molecule has 3 aromatic rings. The normalized spacial score (nSPS) is 16.7. The highest BCUT2D eigenvalue weighted by Gasteiger charge is 2.17. The molecule has 1 fully saturated rings. The number of thioether (sulfide) groups is 1. The van der Waals surface area contributed by atoms with E-state index in [0.29, 0.717) is 29.3 Å². The standard InChI is InChI=1S/C18H20N6O2S/c25-15(19-9-14-7-4-8-26-14)11-27-18-16-17(20-12-21-18)24(23-22-16)10-13-5-2-1-3-6-13/h1-3,5-6,12,14H,4,7-11H2,(H,19,25)/t14-/m0/s1. The van der Waals surface area contributed by atoms with Crippen molar-refractivity contribution >= 4 is 28.8 Å². The van der Waals surface area contributed by atoms with Crippen molar-refractivity contribution in [1.29, 1.82) is 0 Å². The fraction of sp³-hybridized carbons (Fsp3) is 0.389. The lowest BCUT2D eigenvalue weighted by Crippen LogP contribution is -2.32. The third-order valence-corrected chi connectivity index (χ3v) is 5.31. The van der Waals surface area contributed by atoms with Crippen molar-refractivity contribution in [1.82, 2.24) is 30.3 Å². The van der Waals surface area contributed by atoms with Gasteiger partial charge < -0.3 is 10.1 Å². The molecule has 0 aliphatic carbocycles. The molecule has 0 bridgehead atoms. The number of hydrogen-bond donors (Lipinski definition) is 1. The summed E-state index contributed by atoms with van der Waals surface area (Å²) in [5.74, 6) is 0.226. The Labute approximate surface area is 160 Å². The van der Waals surface area contributed by atoms with E-state index in [2.05, 4.69) is 25.6 Å². The number of ether oxygens (including phenoxy) is 1. The minimum atomic E-state index is -0.0426. The predicted octanol–water partition coefficient (Wildman–Crippen LogP) is 1.66. The summed E-state index contributed by atoms with van der Waals surface area (Å²) in [7, 11) is 0. The Morgan fingerprint density at radius 2 is 2.19 bits per heavy atom. The van der Waals surface area contributed by atoms with E-state index in [-0.39, 0.29) is 17.8 Å². The molecular weight excluding hydrogens is 364 g/mol. The van der Waals surface area contributed by atoms with Gasteiger partial charge in [0.15, 0.2) is 11.2 Å². The fourth-order valence-electron chi connectivity index (χ4n) is 2.96. The van der Waals surface area contributed by atoms with Crippen molar-refractivity contribution in [2.24, 2.45) is 0 Å². The number of aromatic nitrogens is 5. The summed E-state index contributed by atoms with van der Waals surface area (Å²) in [5, 5.41) is 12.0. The average molecular weight is 384 g/mol. The summed E-state index contributed by atoms with van der Waals surface area (Å²) < 4.78 is 7.26. The Balaban J connectivity index is 1.39. The Kier molecular flexibility index (Phi) is 5.59. The molecule has 9 heteroatoms. The van der Waals surface area contributed by atoms with Crippen LogP contribution in [-0.4, -0.2) is 55.9 Å². The third-order valence-electron chi connectivity index (χ3n) is 4.33. The first-order chi connectivity index (χ1) is 13.3. The largest absolute Gasteiger partial charge is 0.376 e. The summed E-state index contributed by atoms with van der Waals surface area (Å²) in [6.07, 6.45) is 3.69. The van der Waals surface area contributed by atoms with Crippen LogP contribution in [0.2, 0.25) is 0 Å². The fourth-order valence-corrected chi connectivity index (χ4v) is 3.72. The van der Waals surface area contributed by atoms with Gasteiger partial charge in [0.1, 0.15) is 11.4 Å². The smallest absolute Gasteiger partial charge is 0.230 e. The summed E-state index contributed by atoms with van der Waals surface area (Å²) in [6, 6.07) is 10.0. The van der Waals surface area contributed by atoms with Gasteiger partial charge in [-0.15, -0.1) is 5.10 Å². The quantitative estimate of drug-likeness (QED) is 0.489. The van der Waals surface area contributed by atoms with Gasteiger partial charge in [-0.3, -0.25) is 4.79 Å². The SMILES string of the molecule is O=C(CSc1ncnc2c1nnn2Cc1ccccc1)NC[C@@H]1CCCO1. The highest BCUT2D eigenvalue weighted by Crippen LogP contribution is 2.22. The van der Waals surface area contributed by atoms with Crippen LogP contribution in [0.3, 0.4) is 0 Å². The van der Waals surface area contributed by atoms with E-state index in [1.165, 1.54) is 18.1 Å². The number of amides is 1. The summed E-state index contributed by atoms with van der Waals surface area (Å²) in [4.78, 5) is 20.7. The van der Waals surface area contributed by atoms with Crippen LogP contribution in [0.4, 0.5) is 0 Å². The Bertz CT molecular complexity index is 911. The van der Waals surface area contributed by atoms with Gasteiger partial charge in [-0.05, 0) is 18.4 Å². The van der Waals surface area contributed by atoms with Crippen molar-refractivity contribution in [3.05, 3.63) is 42.2 Å². The molecule has 8 nitrogen and oxygen atoms in total. The van der Waals surface area contributed by atoms with Gasteiger partial charge in [0, 0.05) is 13.2 Å². The van der Waals surface area contributed by atoms with Crippen LogP contribution >= 0.6 is 11.8 Å². The number of nitrogens with one attached hydrogen (secondary N) is 1. The van der Waals surface area contributed by atoms with Crippen molar-refractivity contribution in [3.8, 4) is 0 Å². The number of hydrogen-bond acceptors (Lipinski definition) is 7.